The quantitative estimate of drug-likeness (QED) is 0.331. The van der Waals surface area contributed by atoms with Gasteiger partial charge >= 0.3 is 7.82 Å². The van der Waals surface area contributed by atoms with Gasteiger partial charge in [-0.05, 0) is 60.7 Å². The molecule has 5 heteroatoms. The molecular formula is C24H27O4P. The largest absolute Gasteiger partial charge is 0.647 e. The lowest BCUT2D eigenvalue weighted by Gasteiger charge is -2.22. The summed E-state index contributed by atoms with van der Waals surface area (Å²) in [5, 5.41) is 0. The summed E-state index contributed by atoms with van der Waals surface area (Å²) in [6, 6.07) is 23.7. The highest BCUT2D eigenvalue weighted by Crippen LogP contribution is 2.50. The van der Waals surface area contributed by atoms with Crippen LogP contribution in [0.3, 0.4) is 0 Å². The van der Waals surface area contributed by atoms with Crippen molar-refractivity contribution >= 4 is 7.82 Å². The Bertz CT molecular complexity index is 896. The molecule has 0 fully saturated rings. The predicted molar refractivity (Wildman–Crippen MR) is 117 cm³/mol. The van der Waals surface area contributed by atoms with Crippen molar-refractivity contribution in [1.82, 2.24) is 0 Å². The number of para-hydroxylation sites is 2. The van der Waals surface area contributed by atoms with Crippen LogP contribution in [0.4, 0.5) is 0 Å². The molecule has 4 nitrogen and oxygen atoms in total. The first-order valence-electron chi connectivity index (χ1n) is 10.0. The van der Waals surface area contributed by atoms with Gasteiger partial charge in [-0.3, -0.25) is 0 Å². The minimum Gasteiger partial charge on any atom is -0.386 e. The van der Waals surface area contributed by atoms with Crippen LogP contribution in [0.5, 0.6) is 17.2 Å². The van der Waals surface area contributed by atoms with Crippen LogP contribution in [-0.2, 0) is 17.4 Å². The Morgan fingerprint density at radius 2 is 1.31 bits per heavy atom. The van der Waals surface area contributed by atoms with E-state index in [9.17, 15) is 4.57 Å². The van der Waals surface area contributed by atoms with Crippen LogP contribution >= 0.6 is 7.82 Å². The van der Waals surface area contributed by atoms with E-state index < -0.39 is 7.82 Å². The molecule has 0 heterocycles. The van der Waals surface area contributed by atoms with Crippen LogP contribution < -0.4 is 13.6 Å². The smallest absolute Gasteiger partial charge is 0.386 e. The van der Waals surface area contributed by atoms with Crippen molar-refractivity contribution in [1.29, 1.82) is 0 Å². The summed E-state index contributed by atoms with van der Waals surface area (Å²) >= 11 is 0. The van der Waals surface area contributed by atoms with Gasteiger partial charge in [0.15, 0.2) is 0 Å². The van der Waals surface area contributed by atoms with Crippen molar-refractivity contribution in [3.63, 3.8) is 0 Å². The van der Waals surface area contributed by atoms with E-state index in [-0.39, 0.29) is 0 Å². The molecule has 0 aliphatic heterocycles. The molecule has 0 saturated heterocycles. The third-order valence-corrected chi connectivity index (χ3v) is 5.81. The van der Waals surface area contributed by atoms with Crippen LogP contribution in [0.25, 0.3) is 0 Å². The minimum absolute atomic E-state index is 0.425. The summed E-state index contributed by atoms with van der Waals surface area (Å²) in [4.78, 5) is 0. The number of unbranched alkanes of at least 4 members (excludes halogenated alkanes) is 1. The second-order valence-electron chi connectivity index (χ2n) is 6.70. The third kappa shape index (κ3) is 5.88. The monoisotopic (exact) mass is 410 g/mol. The Morgan fingerprint density at radius 3 is 1.83 bits per heavy atom. The van der Waals surface area contributed by atoms with Gasteiger partial charge in [-0.1, -0.05) is 68.8 Å². The van der Waals surface area contributed by atoms with Crippen LogP contribution in [0.15, 0.2) is 78.9 Å². The molecule has 152 valence electrons. The second-order valence-corrected chi connectivity index (χ2v) is 8.14. The van der Waals surface area contributed by atoms with Gasteiger partial charge in [0.2, 0.25) is 0 Å². The molecule has 3 aromatic rings. The zero-order chi connectivity index (χ0) is 20.5. The van der Waals surface area contributed by atoms with Gasteiger partial charge in [0.05, 0.1) is 0 Å². The lowest BCUT2D eigenvalue weighted by atomic mass is 9.99. The highest BCUT2D eigenvalue weighted by atomic mass is 31.2. The molecule has 0 aliphatic rings. The van der Waals surface area contributed by atoms with E-state index in [0.29, 0.717) is 17.2 Å². The summed E-state index contributed by atoms with van der Waals surface area (Å²) in [5.41, 5.74) is 2.24. The number of hydrogen-bond donors (Lipinski definition) is 0. The van der Waals surface area contributed by atoms with Gasteiger partial charge in [-0.15, -0.1) is 0 Å². The van der Waals surface area contributed by atoms with Crippen molar-refractivity contribution in [3.05, 3.63) is 90.0 Å². The maximum absolute atomic E-state index is 13.7. The highest BCUT2D eigenvalue weighted by molar-refractivity contribution is 7.49. The molecule has 0 atom stereocenters. The fourth-order valence-corrected chi connectivity index (χ4v) is 4.35. The Hall–Kier alpha value is -2.71. The number of phosphoric acid groups is 1. The van der Waals surface area contributed by atoms with E-state index in [4.69, 9.17) is 13.6 Å². The van der Waals surface area contributed by atoms with E-state index in [1.165, 1.54) is 5.56 Å². The van der Waals surface area contributed by atoms with E-state index in [2.05, 4.69) is 19.9 Å². The predicted octanol–water partition coefficient (Wildman–Crippen LogP) is 7.24. The first-order chi connectivity index (χ1) is 14.1. The summed E-state index contributed by atoms with van der Waals surface area (Å²) in [7, 11) is -3.97. The van der Waals surface area contributed by atoms with E-state index in [1.807, 2.05) is 48.5 Å². The van der Waals surface area contributed by atoms with Crippen LogP contribution in [0, 0.1) is 0 Å². The van der Waals surface area contributed by atoms with Crippen molar-refractivity contribution in [3.8, 4) is 17.2 Å². The number of phosphoric ester groups is 1. The Kier molecular flexibility index (Phi) is 7.37. The number of rotatable bonds is 10. The van der Waals surface area contributed by atoms with Gasteiger partial charge < -0.3 is 13.6 Å². The van der Waals surface area contributed by atoms with E-state index >= 15 is 0 Å². The molecule has 0 amide bonds. The number of hydrogen-bond acceptors (Lipinski definition) is 4. The van der Waals surface area contributed by atoms with Gasteiger partial charge in [-0.2, -0.15) is 4.57 Å². The number of aryl methyl sites for hydroxylation is 1. The van der Waals surface area contributed by atoms with Gasteiger partial charge in [-0.25, -0.2) is 0 Å². The van der Waals surface area contributed by atoms with Crippen molar-refractivity contribution in [2.24, 2.45) is 0 Å². The normalized spacial score (nSPS) is 11.1. The average molecular weight is 410 g/mol. The molecule has 0 unspecified atom stereocenters. The first kappa shape index (κ1) is 21.0. The molecular weight excluding hydrogens is 383 g/mol. The molecule has 0 aliphatic carbocycles. The highest BCUT2D eigenvalue weighted by Gasteiger charge is 2.34. The molecule has 0 bridgehead atoms. The summed E-state index contributed by atoms with van der Waals surface area (Å²) < 4.78 is 31.2. The molecule has 29 heavy (non-hydrogen) atoms. The topological polar surface area (TPSA) is 44.8 Å². The fourth-order valence-electron chi connectivity index (χ4n) is 3.06. The van der Waals surface area contributed by atoms with Crippen molar-refractivity contribution in [2.45, 2.75) is 39.5 Å². The minimum atomic E-state index is -3.97. The maximum atomic E-state index is 13.7. The molecule has 0 radical (unpaired) electrons. The Morgan fingerprint density at radius 1 is 0.724 bits per heavy atom. The zero-order valence-electron chi connectivity index (χ0n) is 16.9. The van der Waals surface area contributed by atoms with Crippen LogP contribution in [0.1, 0.15) is 37.8 Å². The molecule has 3 aromatic carbocycles. The van der Waals surface area contributed by atoms with Gasteiger partial charge in [0, 0.05) is 0 Å². The standard InChI is InChI=1S/C24H27O4P/c1-3-5-18-23-20(4-2)13-12-19-24(23)28-29(25,26-21-14-8-6-9-15-21)27-22-16-10-7-11-17-22/h6-17,19H,3-5,18H2,1-2H3. The number of benzene rings is 3. The molecule has 3 rings (SSSR count). The van der Waals surface area contributed by atoms with Crippen LogP contribution in [-0.4, -0.2) is 0 Å². The SMILES string of the molecule is CCCCc1c(CC)cccc1OP(=O)(Oc1ccccc1)Oc1ccccc1. The van der Waals surface area contributed by atoms with Crippen molar-refractivity contribution in [2.75, 3.05) is 0 Å². The summed E-state index contributed by atoms with van der Waals surface area (Å²) in [6.07, 6.45) is 3.82. The molecule has 0 spiro atoms. The first-order valence-corrected chi connectivity index (χ1v) is 11.5. The Balaban J connectivity index is 1.95. The molecule has 0 N–H and O–H groups in total. The lowest BCUT2D eigenvalue weighted by molar-refractivity contribution is 0.297. The Labute approximate surface area is 173 Å². The van der Waals surface area contributed by atoms with E-state index in [0.717, 1.165) is 31.2 Å². The molecule has 0 saturated carbocycles. The zero-order valence-corrected chi connectivity index (χ0v) is 17.8. The third-order valence-electron chi connectivity index (χ3n) is 4.52. The second kappa shape index (κ2) is 10.2. The fraction of sp³-hybridized carbons (Fsp3) is 0.250. The molecule has 0 aromatic heterocycles. The van der Waals surface area contributed by atoms with Crippen LogP contribution in [0.2, 0.25) is 0 Å². The van der Waals surface area contributed by atoms with E-state index in [1.54, 1.807) is 24.3 Å². The van der Waals surface area contributed by atoms with Gasteiger partial charge in [0.1, 0.15) is 17.2 Å². The summed E-state index contributed by atoms with van der Waals surface area (Å²) in [6.45, 7) is 4.26. The lowest BCUT2D eigenvalue weighted by Crippen LogP contribution is -2.09. The maximum Gasteiger partial charge on any atom is 0.647 e. The van der Waals surface area contributed by atoms with Crippen molar-refractivity contribution < 1.29 is 18.1 Å². The van der Waals surface area contributed by atoms with Gasteiger partial charge in [0.25, 0.3) is 0 Å². The average Bonchev–Trinajstić information content (AvgIpc) is 2.74. The summed E-state index contributed by atoms with van der Waals surface area (Å²) in [5.74, 6) is 1.40.